The average molecular weight is 363 g/mol. The molecule has 0 unspecified atom stereocenters. The number of carbonyl (C=O) groups excluding carboxylic acids is 1. The molecular formula is C21H18FN3O2. The van der Waals surface area contributed by atoms with Crippen LogP contribution >= 0.6 is 0 Å². The van der Waals surface area contributed by atoms with E-state index in [1.807, 2.05) is 13.0 Å². The Kier molecular flexibility index (Phi) is 5.56. The minimum atomic E-state index is -0.327. The molecule has 1 heterocycles. The predicted molar refractivity (Wildman–Crippen MR) is 104 cm³/mol. The van der Waals surface area contributed by atoms with Gasteiger partial charge in [0.2, 0.25) is 5.91 Å². The fourth-order valence-electron chi connectivity index (χ4n) is 2.50. The lowest BCUT2D eigenvalue weighted by molar-refractivity contribution is -0.111. The molecule has 0 aliphatic carbocycles. The maximum absolute atomic E-state index is 12.9. The van der Waals surface area contributed by atoms with Gasteiger partial charge >= 0.3 is 0 Å². The van der Waals surface area contributed by atoms with Gasteiger partial charge in [-0.05, 0) is 42.3 Å². The van der Waals surface area contributed by atoms with Gasteiger partial charge in [-0.25, -0.2) is 9.37 Å². The number of carbonyl (C=O) groups is 1. The Morgan fingerprint density at radius 1 is 1.19 bits per heavy atom. The first-order valence-electron chi connectivity index (χ1n) is 8.49. The maximum Gasteiger partial charge on any atom is 0.251 e. The molecule has 6 heteroatoms. The highest BCUT2D eigenvalue weighted by Gasteiger charge is 2.05. The largest absolute Gasteiger partial charge is 0.322 e. The summed E-state index contributed by atoms with van der Waals surface area (Å²) in [6.45, 7) is 1.93. The first-order chi connectivity index (χ1) is 13.0. The van der Waals surface area contributed by atoms with Gasteiger partial charge in [0.15, 0.2) is 0 Å². The molecule has 2 N–H and O–H groups in total. The summed E-state index contributed by atoms with van der Waals surface area (Å²) in [6, 6.07) is 14.4. The Morgan fingerprint density at radius 3 is 2.70 bits per heavy atom. The summed E-state index contributed by atoms with van der Waals surface area (Å²) in [7, 11) is 0. The molecule has 3 aromatic rings. The molecule has 3 rings (SSSR count). The topological polar surface area (TPSA) is 74.8 Å². The minimum absolute atomic E-state index is 0.214. The molecule has 27 heavy (non-hydrogen) atoms. The van der Waals surface area contributed by atoms with Crippen molar-refractivity contribution in [2.75, 3.05) is 5.32 Å². The van der Waals surface area contributed by atoms with Gasteiger partial charge in [-0.3, -0.25) is 9.59 Å². The van der Waals surface area contributed by atoms with Crippen molar-refractivity contribution in [2.24, 2.45) is 0 Å². The minimum Gasteiger partial charge on any atom is -0.322 e. The number of rotatable bonds is 5. The second kappa shape index (κ2) is 8.23. The number of nitrogens with zero attached hydrogens (tertiary/aromatic N) is 1. The molecule has 2 aromatic carbocycles. The number of amides is 1. The van der Waals surface area contributed by atoms with Gasteiger partial charge in [0, 0.05) is 29.1 Å². The van der Waals surface area contributed by atoms with Gasteiger partial charge in [-0.1, -0.05) is 31.2 Å². The predicted octanol–water partition coefficient (Wildman–Crippen LogP) is 3.79. The lowest BCUT2D eigenvalue weighted by atomic mass is 10.1. The lowest BCUT2D eigenvalue weighted by Crippen LogP contribution is -2.10. The normalized spacial score (nSPS) is 10.9. The highest BCUT2D eigenvalue weighted by Crippen LogP contribution is 2.19. The number of aromatic amines is 1. The van der Waals surface area contributed by atoms with E-state index in [-0.39, 0.29) is 17.3 Å². The van der Waals surface area contributed by atoms with Crippen molar-refractivity contribution in [3.63, 3.8) is 0 Å². The summed E-state index contributed by atoms with van der Waals surface area (Å²) in [6.07, 6.45) is 3.63. The molecule has 0 radical (unpaired) electrons. The average Bonchev–Trinajstić information content (AvgIpc) is 2.67. The molecule has 136 valence electrons. The number of aromatic nitrogens is 2. The van der Waals surface area contributed by atoms with E-state index < -0.39 is 0 Å². The Labute approximate surface area is 155 Å². The molecule has 5 nitrogen and oxygen atoms in total. The van der Waals surface area contributed by atoms with Crippen molar-refractivity contribution in [1.82, 2.24) is 9.97 Å². The van der Waals surface area contributed by atoms with Crippen LogP contribution in [0.5, 0.6) is 0 Å². The van der Waals surface area contributed by atoms with E-state index in [0.717, 1.165) is 5.56 Å². The molecule has 0 aliphatic rings. The number of hydrogen-bond acceptors (Lipinski definition) is 3. The fraction of sp³-hybridized carbons (Fsp3) is 0.0952. The van der Waals surface area contributed by atoms with Gasteiger partial charge in [0.1, 0.15) is 11.6 Å². The molecule has 1 amide bonds. The number of benzene rings is 2. The lowest BCUT2D eigenvalue weighted by Gasteiger charge is -2.06. The van der Waals surface area contributed by atoms with E-state index in [4.69, 9.17) is 0 Å². The quantitative estimate of drug-likeness (QED) is 0.677. The van der Waals surface area contributed by atoms with Crippen molar-refractivity contribution in [3.8, 4) is 11.4 Å². The van der Waals surface area contributed by atoms with Gasteiger partial charge < -0.3 is 10.3 Å². The summed E-state index contributed by atoms with van der Waals surface area (Å²) in [4.78, 5) is 31.0. The smallest absolute Gasteiger partial charge is 0.251 e. The van der Waals surface area contributed by atoms with E-state index in [1.165, 1.54) is 24.3 Å². The summed E-state index contributed by atoms with van der Waals surface area (Å²) >= 11 is 0. The molecule has 1 aromatic heterocycles. The fourth-order valence-corrected chi connectivity index (χ4v) is 2.50. The Hall–Kier alpha value is -3.54. The number of hydrogen-bond donors (Lipinski definition) is 2. The number of H-pyrrole nitrogens is 1. The maximum atomic E-state index is 12.9. The third kappa shape index (κ3) is 4.98. The van der Waals surface area contributed by atoms with Crippen LogP contribution in [0.2, 0.25) is 0 Å². The Balaban J connectivity index is 1.75. The van der Waals surface area contributed by atoms with E-state index in [1.54, 1.807) is 36.4 Å². The third-order valence-electron chi connectivity index (χ3n) is 3.86. The Morgan fingerprint density at radius 2 is 1.96 bits per heavy atom. The number of aryl methyl sites for hydroxylation is 1. The van der Waals surface area contributed by atoms with Crippen LogP contribution in [0, 0.1) is 5.82 Å². The zero-order chi connectivity index (χ0) is 19.2. The van der Waals surface area contributed by atoms with Crippen molar-refractivity contribution in [2.45, 2.75) is 13.3 Å². The highest BCUT2D eigenvalue weighted by molar-refractivity contribution is 6.02. The second-order valence-electron chi connectivity index (χ2n) is 5.89. The standard InChI is InChI=1S/C21H18FN3O2/c1-2-17-13-20(27)25-21(24-17)15-4-3-5-18(12-15)23-19(26)11-8-14-6-9-16(22)10-7-14/h3-13H,2H2,1H3,(H,23,26)(H,24,25,27). The van der Waals surface area contributed by atoms with Gasteiger partial charge in [-0.15, -0.1) is 0 Å². The van der Waals surface area contributed by atoms with Gasteiger partial charge in [0.25, 0.3) is 5.56 Å². The Bertz CT molecular complexity index is 1040. The molecule has 0 atom stereocenters. The highest BCUT2D eigenvalue weighted by atomic mass is 19.1. The van der Waals surface area contributed by atoms with Crippen LogP contribution in [-0.2, 0) is 11.2 Å². The summed E-state index contributed by atoms with van der Waals surface area (Å²) in [5.74, 6) is -0.190. The molecule has 0 saturated carbocycles. The van der Waals surface area contributed by atoms with Crippen LogP contribution in [0.4, 0.5) is 10.1 Å². The third-order valence-corrected chi connectivity index (χ3v) is 3.86. The van der Waals surface area contributed by atoms with Gasteiger partial charge in [-0.2, -0.15) is 0 Å². The number of anilines is 1. The molecule has 0 fully saturated rings. The zero-order valence-electron chi connectivity index (χ0n) is 14.7. The van der Waals surface area contributed by atoms with Crippen LogP contribution in [0.1, 0.15) is 18.2 Å². The summed E-state index contributed by atoms with van der Waals surface area (Å²) < 4.78 is 12.9. The van der Waals surface area contributed by atoms with Crippen molar-refractivity contribution >= 4 is 17.7 Å². The van der Waals surface area contributed by atoms with Crippen molar-refractivity contribution in [1.29, 1.82) is 0 Å². The first kappa shape index (κ1) is 18.3. The van der Waals surface area contributed by atoms with Crippen molar-refractivity contribution < 1.29 is 9.18 Å². The summed E-state index contributed by atoms with van der Waals surface area (Å²) in [5, 5.41) is 2.76. The number of nitrogens with one attached hydrogen (secondary N) is 2. The van der Waals surface area contributed by atoms with Gasteiger partial charge in [0.05, 0.1) is 0 Å². The van der Waals surface area contributed by atoms with Crippen molar-refractivity contribution in [3.05, 3.63) is 88.1 Å². The molecule has 0 aliphatic heterocycles. The van der Waals surface area contributed by atoms with E-state index in [9.17, 15) is 14.0 Å². The SMILES string of the molecule is CCc1cc(=O)[nH]c(-c2cccc(NC(=O)C=Cc3ccc(F)cc3)c2)n1. The van der Waals surface area contributed by atoms with E-state index in [0.29, 0.717) is 29.2 Å². The van der Waals surface area contributed by atoms with Crippen LogP contribution < -0.4 is 10.9 Å². The number of halogens is 1. The monoisotopic (exact) mass is 363 g/mol. The van der Waals surface area contributed by atoms with E-state index >= 15 is 0 Å². The van der Waals surface area contributed by atoms with Crippen LogP contribution in [0.25, 0.3) is 17.5 Å². The molecular weight excluding hydrogens is 345 g/mol. The molecule has 0 saturated heterocycles. The van der Waals surface area contributed by atoms with E-state index in [2.05, 4.69) is 15.3 Å². The zero-order valence-corrected chi connectivity index (χ0v) is 14.7. The van der Waals surface area contributed by atoms with Crippen LogP contribution in [0.15, 0.2) is 65.5 Å². The van der Waals surface area contributed by atoms with Crippen LogP contribution in [0.3, 0.4) is 0 Å². The first-order valence-corrected chi connectivity index (χ1v) is 8.49. The summed E-state index contributed by atoms with van der Waals surface area (Å²) in [5.41, 5.74) is 2.48. The second-order valence-corrected chi connectivity index (χ2v) is 5.89. The molecule has 0 bridgehead atoms. The van der Waals surface area contributed by atoms with Crippen LogP contribution in [-0.4, -0.2) is 15.9 Å². The molecule has 0 spiro atoms.